The Bertz CT molecular complexity index is 402. The molecule has 0 saturated heterocycles. The van der Waals surface area contributed by atoms with E-state index in [1.54, 1.807) is 12.3 Å². The van der Waals surface area contributed by atoms with Crippen molar-refractivity contribution in [2.45, 2.75) is 19.3 Å². The first kappa shape index (κ1) is 20.0. The minimum atomic E-state index is 0.457. The predicted molar refractivity (Wildman–Crippen MR) is 89.8 cm³/mol. The number of carbonyl (C=O) groups is 1. The number of nitrogens with zero attached hydrogens (tertiary/aromatic N) is 1. The van der Waals surface area contributed by atoms with Crippen LogP contribution in [0.1, 0.15) is 19.3 Å². The number of aromatic nitrogens is 1. The highest BCUT2D eigenvalue weighted by molar-refractivity contribution is 9.10. The average molecular weight is 390 g/mol. The van der Waals surface area contributed by atoms with Crippen LogP contribution < -0.4 is 4.74 Å². The second-order valence-electron chi connectivity index (χ2n) is 4.66. The second kappa shape index (κ2) is 14.6. The van der Waals surface area contributed by atoms with Gasteiger partial charge < -0.3 is 23.7 Å². The van der Waals surface area contributed by atoms with Crippen molar-refractivity contribution in [1.82, 2.24) is 4.98 Å². The monoisotopic (exact) mass is 389 g/mol. The molecule has 0 radical (unpaired) electrons. The number of unbranched alkanes of at least 4 members (excludes halogenated alkanes) is 2. The molecule has 23 heavy (non-hydrogen) atoms. The van der Waals surface area contributed by atoms with Crippen molar-refractivity contribution in [2.75, 3.05) is 46.2 Å². The molecule has 1 aromatic rings. The molecule has 0 atom stereocenters. The Labute approximate surface area is 145 Å². The molecule has 0 aromatic carbocycles. The van der Waals surface area contributed by atoms with Gasteiger partial charge in [0.2, 0.25) is 5.88 Å². The zero-order chi connectivity index (χ0) is 16.6. The van der Waals surface area contributed by atoms with Crippen molar-refractivity contribution in [2.24, 2.45) is 0 Å². The van der Waals surface area contributed by atoms with Crippen LogP contribution in [0.4, 0.5) is 0 Å². The van der Waals surface area contributed by atoms with Gasteiger partial charge in [0.05, 0.1) is 33.0 Å². The van der Waals surface area contributed by atoms with E-state index < -0.39 is 0 Å². The molecule has 0 bridgehead atoms. The molecule has 1 rings (SSSR count). The fourth-order valence-electron chi connectivity index (χ4n) is 1.63. The van der Waals surface area contributed by atoms with Crippen molar-refractivity contribution in [1.29, 1.82) is 0 Å². The third kappa shape index (κ3) is 12.1. The van der Waals surface area contributed by atoms with Crippen LogP contribution in [-0.4, -0.2) is 57.5 Å². The topological polar surface area (TPSA) is 66.9 Å². The smallest absolute Gasteiger partial charge is 0.213 e. The molecule has 1 heterocycles. The summed E-state index contributed by atoms with van der Waals surface area (Å²) < 4.78 is 22.5. The summed E-state index contributed by atoms with van der Waals surface area (Å²) >= 11 is 3.31. The van der Waals surface area contributed by atoms with Gasteiger partial charge in [-0.15, -0.1) is 0 Å². The number of rotatable bonds is 15. The van der Waals surface area contributed by atoms with Gasteiger partial charge in [-0.2, -0.15) is 0 Å². The fraction of sp³-hybridized carbons (Fsp3) is 0.625. The molecule has 130 valence electrons. The molecule has 0 aliphatic rings. The lowest BCUT2D eigenvalue weighted by Crippen LogP contribution is -2.13. The lowest BCUT2D eigenvalue weighted by Gasteiger charge is -2.07. The molecular formula is C16H24BrNO5. The Hall–Kier alpha value is -1.02. The van der Waals surface area contributed by atoms with Crippen LogP contribution in [0.15, 0.2) is 22.8 Å². The zero-order valence-corrected chi connectivity index (χ0v) is 14.8. The number of halogens is 1. The number of hydrogen-bond acceptors (Lipinski definition) is 6. The summed E-state index contributed by atoms with van der Waals surface area (Å²) in [7, 11) is 0. The van der Waals surface area contributed by atoms with Crippen LogP contribution in [0.25, 0.3) is 0 Å². The van der Waals surface area contributed by atoms with Crippen LogP contribution in [0.3, 0.4) is 0 Å². The van der Waals surface area contributed by atoms with Gasteiger partial charge in [-0.05, 0) is 34.8 Å². The van der Waals surface area contributed by atoms with E-state index in [0.717, 1.165) is 23.6 Å². The van der Waals surface area contributed by atoms with Crippen LogP contribution in [0.2, 0.25) is 0 Å². The first-order chi connectivity index (χ1) is 11.3. The third-order valence-corrected chi connectivity index (χ3v) is 3.25. The van der Waals surface area contributed by atoms with Gasteiger partial charge in [0.25, 0.3) is 0 Å². The Balaban J connectivity index is 1.78. The maximum Gasteiger partial charge on any atom is 0.213 e. The molecule has 1 aromatic heterocycles. The number of carbonyl (C=O) groups excluding carboxylic acids is 1. The summed E-state index contributed by atoms with van der Waals surface area (Å²) in [4.78, 5) is 14.2. The van der Waals surface area contributed by atoms with Gasteiger partial charge in [0.1, 0.15) is 12.9 Å². The largest absolute Gasteiger partial charge is 0.475 e. The molecular weight excluding hydrogens is 366 g/mol. The van der Waals surface area contributed by atoms with E-state index in [1.807, 2.05) is 6.07 Å². The molecule has 7 heteroatoms. The second-order valence-corrected chi connectivity index (χ2v) is 5.58. The van der Waals surface area contributed by atoms with E-state index in [0.29, 0.717) is 58.5 Å². The summed E-state index contributed by atoms with van der Waals surface area (Å²) in [6.07, 6.45) is 5.03. The highest BCUT2D eigenvalue weighted by Crippen LogP contribution is 2.11. The molecule has 0 spiro atoms. The third-order valence-electron chi connectivity index (χ3n) is 2.78. The number of hydrogen-bond donors (Lipinski definition) is 0. The van der Waals surface area contributed by atoms with E-state index >= 15 is 0 Å². The summed E-state index contributed by atoms with van der Waals surface area (Å²) in [6, 6.07) is 3.67. The van der Waals surface area contributed by atoms with Crippen molar-refractivity contribution >= 4 is 22.2 Å². The Morgan fingerprint density at radius 1 is 0.913 bits per heavy atom. The van der Waals surface area contributed by atoms with Gasteiger partial charge in [-0.3, -0.25) is 0 Å². The fourth-order valence-corrected chi connectivity index (χ4v) is 1.86. The van der Waals surface area contributed by atoms with Gasteiger partial charge >= 0.3 is 0 Å². The van der Waals surface area contributed by atoms with Gasteiger partial charge in [0, 0.05) is 29.8 Å². The minimum Gasteiger partial charge on any atom is -0.475 e. The first-order valence-electron chi connectivity index (χ1n) is 7.74. The summed E-state index contributed by atoms with van der Waals surface area (Å²) in [5.74, 6) is 0.582. The Morgan fingerprint density at radius 2 is 1.57 bits per heavy atom. The first-order valence-corrected chi connectivity index (χ1v) is 8.53. The molecule has 0 fully saturated rings. The standard InChI is InChI=1S/C16H24BrNO5/c17-15-4-5-16(18-14-15)23-13-12-22-11-10-21-9-8-20-7-3-1-2-6-19/h4-6,14H,1-3,7-13H2. The maximum absolute atomic E-state index is 10.1. The molecule has 0 unspecified atom stereocenters. The van der Waals surface area contributed by atoms with Crippen LogP contribution in [-0.2, 0) is 19.0 Å². The van der Waals surface area contributed by atoms with E-state index in [4.69, 9.17) is 18.9 Å². The SMILES string of the molecule is O=CCCCCOCCOCCOCCOc1ccc(Br)cn1. The van der Waals surface area contributed by atoms with Crippen LogP contribution >= 0.6 is 15.9 Å². The molecule has 0 amide bonds. The Kier molecular flexibility index (Phi) is 12.7. The van der Waals surface area contributed by atoms with Crippen LogP contribution in [0, 0.1) is 0 Å². The molecule has 6 nitrogen and oxygen atoms in total. The Morgan fingerprint density at radius 3 is 2.17 bits per heavy atom. The quantitative estimate of drug-likeness (QED) is 0.339. The van der Waals surface area contributed by atoms with Crippen molar-refractivity contribution in [3.8, 4) is 5.88 Å². The van der Waals surface area contributed by atoms with Crippen molar-refractivity contribution < 1.29 is 23.7 Å². The predicted octanol–water partition coefficient (Wildman–Crippen LogP) is 2.64. The highest BCUT2D eigenvalue weighted by atomic mass is 79.9. The summed E-state index contributed by atoms with van der Waals surface area (Å²) in [6.45, 7) is 3.80. The van der Waals surface area contributed by atoms with E-state index in [1.165, 1.54) is 0 Å². The average Bonchev–Trinajstić information content (AvgIpc) is 2.57. The minimum absolute atomic E-state index is 0.457. The molecule has 0 aliphatic heterocycles. The maximum atomic E-state index is 10.1. The molecule has 0 saturated carbocycles. The summed E-state index contributed by atoms with van der Waals surface area (Å²) in [5.41, 5.74) is 0. The van der Waals surface area contributed by atoms with E-state index in [9.17, 15) is 4.79 Å². The van der Waals surface area contributed by atoms with Crippen molar-refractivity contribution in [3.63, 3.8) is 0 Å². The number of aldehydes is 1. The van der Waals surface area contributed by atoms with Gasteiger partial charge in [-0.25, -0.2) is 4.98 Å². The number of ether oxygens (including phenoxy) is 4. The lowest BCUT2D eigenvalue weighted by molar-refractivity contribution is -0.108. The van der Waals surface area contributed by atoms with Crippen molar-refractivity contribution in [3.05, 3.63) is 22.8 Å². The normalized spacial score (nSPS) is 10.7. The molecule has 0 N–H and O–H groups in total. The van der Waals surface area contributed by atoms with E-state index in [-0.39, 0.29) is 0 Å². The lowest BCUT2D eigenvalue weighted by atomic mass is 10.3. The number of pyridine rings is 1. The molecule has 0 aliphatic carbocycles. The highest BCUT2D eigenvalue weighted by Gasteiger charge is 1.96. The summed E-state index contributed by atoms with van der Waals surface area (Å²) in [5, 5.41) is 0. The zero-order valence-electron chi connectivity index (χ0n) is 13.2. The van der Waals surface area contributed by atoms with Gasteiger partial charge in [0.15, 0.2) is 0 Å². The van der Waals surface area contributed by atoms with Gasteiger partial charge in [-0.1, -0.05) is 0 Å². The van der Waals surface area contributed by atoms with Crippen LogP contribution in [0.5, 0.6) is 5.88 Å². The van der Waals surface area contributed by atoms with E-state index in [2.05, 4.69) is 20.9 Å².